The molecular weight excluding hydrogens is 368 g/mol. The van der Waals surface area contributed by atoms with E-state index in [0.29, 0.717) is 31.7 Å². The van der Waals surface area contributed by atoms with E-state index in [0.717, 1.165) is 0 Å². The van der Waals surface area contributed by atoms with Crippen LogP contribution in [0.1, 0.15) is 11.6 Å². The van der Waals surface area contributed by atoms with Crippen LogP contribution in [-0.2, 0) is 9.53 Å². The molecule has 1 aliphatic rings. The van der Waals surface area contributed by atoms with Crippen molar-refractivity contribution in [1.82, 2.24) is 9.80 Å². The van der Waals surface area contributed by atoms with Gasteiger partial charge in [0.1, 0.15) is 17.7 Å². The first-order valence-electron chi connectivity index (χ1n) is 8.87. The largest absolute Gasteiger partial charge is 0.468 e. The summed E-state index contributed by atoms with van der Waals surface area (Å²) in [7, 11) is 1.30. The van der Waals surface area contributed by atoms with Crippen LogP contribution in [0.2, 0.25) is 0 Å². The summed E-state index contributed by atoms with van der Waals surface area (Å²) in [4.78, 5) is 28.1. The molecule has 1 aliphatic heterocycles. The molecule has 6 nitrogen and oxygen atoms in total. The zero-order valence-electron chi connectivity index (χ0n) is 15.4. The van der Waals surface area contributed by atoms with Gasteiger partial charge in [0.2, 0.25) is 0 Å². The van der Waals surface area contributed by atoms with Crippen molar-refractivity contribution in [2.45, 2.75) is 6.04 Å². The van der Waals surface area contributed by atoms with Crippen molar-refractivity contribution in [3.63, 3.8) is 0 Å². The van der Waals surface area contributed by atoms with Gasteiger partial charge in [-0.2, -0.15) is 0 Å². The Bertz CT molecular complexity index is 837. The Kier molecular flexibility index (Phi) is 6.20. The lowest BCUT2D eigenvalue weighted by atomic mass is 10.0. The minimum Gasteiger partial charge on any atom is -0.468 e. The van der Waals surface area contributed by atoms with Crippen LogP contribution >= 0.6 is 0 Å². The predicted octanol–water partition coefficient (Wildman–Crippen LogP) is 3.03. The van der Waals surface area contributed by atoms with Crippen LogP contribution < -0.4 is 5.32 Å². The van der Waals surface area contributed by atoms with Gasteiger partial charge in [-0.3, -0.25) is 4.90 Å². The molecule has 8 heteroatoms. The number of ether oxygens (including phenoxy) is 1. The molecule has 0 radical (unpaired) electrons. The van der Waals surface area contributed by atoms with E-state index in [1.54, 1.807) is 29.2 Å². The van der Waals surface area contributed by atoms with Gasteiger partial charge in [0.05, 0.1) is 12.8 Å². The molecule has 148 valence electrons. The number of nitrogens with one attached hydrogen (secondary N) is 1. The third-order valence-electron chi connectivity index (χ3n) is 4.69. The summed E-state index contributed by atoms with van der Waals surface area (Å²) in [5, 5.41) is 2.56. The van der Waals surface area contributed by atoms with Crippen LogP contribution in [0.15, 0.2) is 48.5 Å². The van der Waals surface area contributed by atoms with Crippen LogP contribution in [0.4, 0.5) is 19.3 Å². The zero-order chi connectivity index (χ0) is 20.1. The molecule has 0 spiro atoms. The SMILES string of the molecule is COC(=O)C(c1ccc(F)cc1)N1CCN(C(=O)Nc2ccccc2F)CC1. The molecule has 0 aliphatic carbocycles. The molecular formula is C20H21F2N3O3. The molecule has 2 amide bonds. The van der Waals surface area contributed by atoms with Gasteiger partial charge in [0.25, 0.3) is 0 Å². The Morgan fingerprint density at radius 2 is 1.64 bits per heavy atom. The molecule has 1 unspecified atom stereocenters. The summed E-state index contributed by atoms with van der Waals surface area (Å²) in [6.07, 6.45) is 0. The van der Waals surface area contributed by atoms with Crippen LogP contribution in [-0.4, -0.2) is 55.1 Å². The maximum Gasteiger partial charge on any atom is 0.327 e. The maximum absolute atomic E-state index is 13.7. The Morgan fingerprint density at radius 3 is 2.25 bits per heavy atom. The topological polar surface area (TPSA) is 61.9 Å². The van der Waals surface area contributed by atoms with Crippen LogP contribution in [0.5, 0.6) is 0 Å². The molecule has 1 N–H and O–H groups in total. The van der Waals surface area contributed by atoms with E-state index in [4.69, 9.17) is 4.74 Å². The molecule has 0 aromatic heterocycles. The Balaban J connectivity index is 1.65. The molecule has 0 bridgehead atoms. The predicted molar refractivity (Wildman–Crippen MR) is 99.7 cm³/mol. The van der Waals surface area contributed by atoms with E-state index in [1.165, 1.54) is 31.4 Å². The molecule has 2 aromatic carbocycles. The van der Waals surface area contributed by atoms with Crippen LogP contribution in [0.3, 0.4) is 0 Å². The van der Waals surface area contributed by atoms with Crippen LogP contribution in [0, 0.1) is 11.6 Å². The smallest absolute Gasteiger partial charge is 0.327 e. The molecule has 28 heavy (non-hydrogen) atoms. The number of carbonyl (C=O) groups is 2. The van der Waals surface area contributed by atoms with E-state index in [1.807, 2.05) is 4.90 Å². The first-order valence-corrected chi connectivity index (χ1v) is 8.87. The van der Waals surface area contributed by atoms with Crippen molar-refractivity contribution < 1.29 is 23.1 Å². The number of esters is 1. The third-order valence-corrected chi connectivity index (χ3v) is 4.69. The van der Waals surface area contributed by atoms with Crippen molar-refractivity contribution in [2.75, 3.05) is 38.6 Å². The van der Waals surface area contributed by atoms with Gasteiger partial charge in [-0.1, -0.05) is 24.3 Å². The number of amides is 2. The second kappa shape index (κ2) is 8.79. The van der Waals surface area contributed by atoms with Crippen molar-refractivity contribution in [2.24, 2.45) is 0 Å². The van der Waals surface area contributed by atoms with Crippen molar-refractivity contribution in [1.29, 1.82) is 0 Å². The lowest BCUT2D eigenvalue weighted by Crippen LogP contribution is -2.52. The highest BCUT2D eigenvalue weighted by atomic mass is 19.1. The highest BCUT2D eigenvalue weighted by Gasteiger charge is 2.32. The van der Waals surface area contributed by atoms with Gasteiger partial charge in [-0.25, -0.2) is 18.4 Å². The monoisotopic (exact) mass is 389 g/mol. The van der Waals surface area contributed by atoms with Crippen molar-refractivity contribution in [3.05, 3.63) is 65.7 Å². The summed E-state index contributed by atoms with van der Waals surface area (Å²) in [6.45, 7) is 1.55. The Hall–Kier alpha value is -3.00. The minimum absolute atomic E-state index is 0.119. The number of para-hydroxylation sites is 1. The van der Waals surface area contributed by atoms with E-state index in [2.05, 4.69) is 5.32 Å². The number of rotatable bonds is 4. The first kappa shape index (κ1) is 19.8. The summed E-state index contributed by atoms with van der Waals surface area (Å²) < 4.78 is 31.8. The van der Waals surface area contributed by atoms with Crippen molar-refractivity contribution >= 4 is 17.7 Å². The molecule has 1 atom stereocenters. The van der Waals surface area contributed by atoms with Gasteiger partial charge >= 0.3 is 12.0 Å². The number of halogens is 2. The second-order valence-corrected chi connectivity index (χ2v) is 6.41. The number of nitrogens with zero attached hydrogens (tertiary/aromatic N) is 2. The minimum atomic E-state index is -0.678. The average Bonchev–Trinajstić information content (AvgIpc) is 2.71. The number of benzene rings is 2. The average molecular weight is 389 g/mol. The molecule has 1 fully saturated rings. The number of urea groups is 1. The highest BCUT2D eigenvalue weighted by Crippen LogP contribution is 2.24. The van der Waals surface area contributed by atoms with Gasteiger partial charge in [-0.05, 0) is 29.8 Å². The highest BCUT2D eigenvalue weighted by molar-refractivity contribution is 5.89. The van der Waals surface area contributed by atoms with Crippen LogP contribution in [0.25, 0.3) is 0 Å². The summed E-state index contributed by atoms with van der Waals surface area (Å²) >= 11 is 0. The molecule has 1 heterocycles. The molecule has 2 aromatic rings. The lowest BCUT2D eigenvalue weighted by molar-refractivity contribution is -0.148. The van der Waals surface area contributed by atoms with E-state index in [-0.39, 0.29) is 11.5 Å². The second-order valence-electron chi connectivity index (χ2n) is 6.41. The quantitative estimate of drug-likeness (QED) is 0.817. The summed E-state index contributed by atoms with van der Waals surface area (Å²) in [5.41, 5.74) is 0.742. The number of hydrogen-bond donors (Lipinski definition) is 1. The van der Waals surface area contributed by atoms with Gasteiger partial charge in [0.15, 0.2) is 0 Å². The lowest BCUT2D eigenvalue weighted by Gasteiger charge is -2.38. The number of anilines is 1. The number of hydrogen-bond acceptors (Lipinski definition) is 4. The third kappa shape index (κ3) is 4.45. The van der Waals surface area contributed by atoms with E-state index < -0.39 is 23.9 Å². The Labute approximate surface area is 161 Å². The van der Waals surface area contributed by atoms with Gasteiger partial charge < -0.3 is 15.0 Å². The zero-order valence-corrected chi connectivity index (χ0v) is 15.4. The standard InChI is InChI=1S/C20H21F2N3O3/c1-28-19(26)18(14-6-8-15(21)9-7-14)24-10-12-25(13-11-24)20(27)23-17-5-3-2-4-16(17)22/h2-9,18H,10-13H2,1H3,(H,23,27). The fourth-order valence-electron chi connectivity index (χ4n) is 3.19. The summed E-state index contributed by atoms with van der Waals surface area (Å²) in [6, 6.07) is 10.6. The normalized spacial score (nSPS) is 15.8. The van der Waals surface area contributed by atoms with E-state index >= 15 is 0 Å². The van der Waals surface area contributed by atoms with E-state index in [9.17, 15) is 18.4 Å². The number of methoxy groups -OCH3 is 1. The first-order chi connectivity index (χ1) is 13.5. The van der Waals surface area contributed by atoms with Gasteiger partial charge in [0, 0.05) is 26.2 Å². The molecule has 1 saturated heterocycles. The fraction of sp³-hybridized carbons (Fsp3) is 0.300. The number of carbonyl (C=O) groups excluding carboxylic acids is 2. The maximum atomic E-state index is 13.7. The fourth-order valence-corrected chi connectivity index (χ4v) is 3.19. The number of piperazine rings is 1. The molecule has 0 saturated carbocycles. The summed E-state index contributed by atoms with van der Waals surface area (Å²) in [5.74, 6) is -1.34. The molecule has 3 rings (SSSR count). The Morgan fingerprint density at radius 1 is 1.00 bits per heavy atom. The van der Waals surface area contributed by atoms with Gasteiger partial charge in [-0.15, -0.1) is 0 Å². The van der Waals surface area contributed by atoms with Crippen molar-refractivity contribution in [3.8, 4) is 0 Å².